The van der Waals surface area contributed by atoms with Crippen LogP contribution in [0.1, 0.15) is 50.0 Å². The Morgan fingerprint density at radius 1 is 1.19 bits per heavy atom. The van der Waals surface area contributed by atoms with Crippen LogP contribution in [0.2, 0.25) is 5.02 Å². The van der Waals surface area contributed by atoms with Gasteiger partial charge in [-0.25, -0.2) is 9.36 Å². The molecule has 0 aliphatic carbocycles. The number of carbonyl (C=O) groups is 1. The highest BCUT2D eigenvalue weighted by molar-refractivity contribution is 7.18. The Labute approximate surface area is 189 Å². The summed E-state index contributed by atoms with van der Waals surface area (Å²) >= 11 is 7.63. The number of carbonyl (C=O) groups excluding carboxylic acids is 1. The Hall–Kier alpha value is -2.38. The highest BCUT2D eigenvalue weighted by Crippen LogP contribution is 2.33. The van der Waals surface area contributed by atoms with Crippen LogP contribution < -0.4 is 11.2 Å². The van der Waals surface area contributed by atoms with Crippen molar-refractivity contribution in [3.05, 3.63) is 60.6 Å². The molecule has 164 valence electrons. The summed E-state index contributed by atoms with van der Waals surface area (Å²) in [5.74, 6) is 0.0244. The molecule has 1 aliphatic rings. The van der Waals surface area contributed by atoms with Crippen LogP contribution in [-0.4, -0.2) is 26.5 Å². The van der Waals surface area contributed by atoms with Crippen molar-refractivity contribution in [2.75, 3.05) is 6.54 Å². The van der Waals surface area contributed by atoms with E-state index >= 15 is 0 Å². The second-order valence-corrected chi connectivity index (χ2v) is 9.51. The van der Waals surface area contributed by atoms with Gasteiger partial charge in [-0.15, -0.1) is 11.3 Å². The molecule has 0 saturated carbocycles. The van der Waals surface area contributed by atoms with Gasteiger partial charge in [-0.3, -0.25) is 14.2 Å². The maximum atomic E-state index is 13.6. The van der Waals surface area contributed by atoms with Gasteiger partial charge in [-0.05, 0) is 36.6 Å². The molecule has 0 atom stereocenters. The summed E-state index contributed by atoms with van der Waals surface area (Å²) in [6.07, 6.45) is 4.75. The van der Waals surface area contributed by atoms with Gasteiger partial charge in [0.25, 0.3) is 5.56 Å². The van der Waals surface area contributed by atoms with Crippen molar-refractivity contribution in [1.29, 1.82) is 0 Å². The van der Waals surface area contributed by atoms with Gasteiger partial charge in [-0.2, -0.15) is 0 Å². The Kier molecular flexibility index (Phi) is 6.34. The fourth-order valence-electron chi connectivity index (χ4n) is 4.21. The van der Waals surface area contributed by atoms with Crippen molar-refractivity contribution in [3.63, 3.8) is 0 Å². The summed E-state index contributed by atoms with van der Waals surface area (Å²) in [6, 6.07) is 6.85. The van der Waals surface area contributed by atoms with Crippen molar-refractivity contribution in [2.24, 2.45) is 0 Å². The summed E-state index contributed by atoms with van der Waals surface area (Å²) in [5.41, 5.74) is 0.813. The molecular weight excluding hydrogens is 434 g/mol. The van der Waals surface area contributed by atoms with Crippen LogP contribution in [0.4, 0.5) is 0 Å². The molecule has 3 aromatic rings. The van der Waals surface area contributed by atoms with Gasteiger partial charge in [0.15, 0.2) is 0 Å². The average molecular weight is 460 g/mol. The second kappa shape index (κ2) is 9.01. The molecule has 4 rings (SSSR count). The van der Waals surface area contributed by atoms with E-state index in [1.54, 1.807) is 40.7 Å². The van der Waals surface area contributed by atoms with Crippen molar-refractivity contribution < 1.29 is 4.79 Å². The van der Waals surface area contributed by atoms with Crippen LogP contribution >= 0.6 is 22.9 Å². The Morgan fingerprint density at radius 3 is 2.71 bits per heavy atom. The molecule has 0 N–H and O–H groups in total. The molecule has 8 heteroatoms. The summed E-state index contributed by atoms with van der Waals surface area (Å²) in [7, 11) is 0. The molecule has 2 aromatic heterocycles. The number of unbranched alkanes of at least 4 members (excludes halogenated alkanes) is 3. The molecule has 31 heavy (non-hydrogen) atoms. The number of aromatic nitrogens is 2. The molecular formula is C23H26ClN3O3S. The van der Waals surface area contributed by atoms with E-state index in [-0.39, 0.29) is 17.2 Å². The molecule has 1 amide bonds. The third kappa shape index (κ3) is 4.08. The second-order valence-electron chi connectivity index (χ2n) is 7.99. The van der Waals surface area contributed by atoms with Gasteiger partial charge in [0.05, 0.1) is 17.6 Å². The zero-order valence-electron chi connectivity index (χ0n) is 17.8. The van der Waals surface area contributed by atoms with E-state index in [4.69, 9.17) is 11.6 Å². The van der Waals surface area contributed by atoms with Crippen molar-refractivity contribution in [2.45, 2.75) is 59.0 Å². The lowest BCUT2D eigenvalue weighted by atomic mass is 10.1. The van der Waals surface area contributed by atoms with Crippen LogP contribution in [-0.2, 0) is 24.3 Å². The monoisotopic (exact) mass is 459 g/mol. The first-order valence-electron chi connectivity index (χ1n) is 10.7. The Bertz CT molecular complexity index is 1260. The number of nitrogens with zero attached hydrogens (tertiary/aromatic N) is 3. The van der Waals surface area contributed by atoms with Gasteiger partial charge < -0.3 is 4.90 Å². The zero-order chi connectivity index (χ0) is 22.1. The fraction of sp³-hybridized carbons (Fsp3) is 0.435. The average Bonchev–Trinajstić information content (AvgIpc) is 3.12. The molecule has 0 bridgehead atoms. The molecule has 1 aliphatic heterocycles. The molecule has 0 saturated heterocycles. The number of amides is 1. The topological polar surface area (TPSA) is 64.3 Å². The molecule has 0 spiro atoms. The number of hydrogen-bond acceptors (Lipinski definition) is 4. The lowest BCUT2D eigenvalue weighted by molar-refractivity contribution is -0.129. The van der Waals surface area contributed by atoms with E-state index in [1.807, 2.05) is 0 Å². The number of rotatable bonds is 6. The summed E-state index contributed by atoms with van der Waals surface area (Å²) in [5, 5.41) is 1.08. The van der Waals surface area contributed by atoms with Gasteiger partial charge in [0.1, 0.15) is 4.83 Å². The smallest absolute Gasteiger partial charge is 0.336 e. The minimum atomic E-state index is -0.335. The number of aryl methyl sites for hydroxylation is 1. The van der Waals surface area contributed by atoms with E-state index in [0.29, 0.717) is 42.2 Å². The third-order valence-corrected chi connectivity index (χ3v) is 7.34. The van der Waals surface area contributed by atoms with Gasteiger partial charge in [0, 0.05) is 29.9 Å². The molecule has 3 heterocycles. The maximum Gasteiger partial charge on any atom is 0.336 e. The van der Waals surface area contributed by atoms with Gasteiger partial charge in [0.2, 0.25) is 5.91 Å². The van der Waals surface area contributed by atoms with Crippen molar-refractivity contribution in [1.82, 2.24) is 14.0 Å². The largest absolute Gasteiger partial charge is 0.337 e. The van der Waals surface area contributed by atoms with Crippen LogP contribution in [0.25, 0.3) is 15.9 Å². The predicted octanol–water partition coefficient (Wildman–Crippen LogP) is 4.35. The first-order chi connectivity index (χ1) is 14.9. The number of hydrogen-bond donors (Lipinski definition) is 0. The van der Waals surface area contributed by atoms with E-state index < -0.39 is 0 Å². The molecule has 1 aromatic carbocycles. The minimum Gasteiger partial charge on any atom is -0.337 e. The molecule has 6 nitrogen and oxygen atoms in total. The summed E-state index contributed by atoms with van der Waals surface area (Å²) < 4.78 is 2.99. The SMILES string of the molecule is CCCCCCn1c(=O)n(-c2cccc(Cl)c2)c(=O)c2c3c(sc21)CN(C(C)=O)CC3. The molecule has 0 radical (unpaired) electrons. The first kappa shape index (κ1) is 21.8. The van der Waals surface area contributed by atoms with Crippen LogP contribution in [0, 0.1) is 0 Å². The van der Waals surface area contributed by atoms with E-state index in [9.17, 15) is 14.4 Å². The van der Waals surface area contributed by atoms with Crippen LogP contribution in [0.15, 0.2) is 33.9 Å². The van der Waals surface area contributed by atoms with E-state index in [0.717, 1.165) is 41.0 Å². The van der Waals surface area contributed by atoms with E-state index in [2.05, 4.69) is 6.92 Å². The highest BCUT2D eigenvalue weighted by Gasteiger charge is 2.27. The Morgan fingerprint density at radius 2 is 2.00 bits per heavy atom. The number of fused-ring (bicyclic) bond motifs is 3. The highest BCUT2D eigenvalue weighted by atomic mass is 35.5. The van der Waals surface area contributed by atoms with Crippen molar-refractivity contribution in [3.8, 4) is 5.69 Å². The summed E-state index contributed by atoms with van der Waals surface area (Å²) in [6.45, 7) is 5.35. The maximum absolute atomic E-state index is 13.6. The number of benzene rings is 1. The lowest BCUT2D eigenvalue weighted by Crippen LogP contribution is -2.39. The minimum absolute atomic E-state index is 0.0244. The first-order valence-corrected chi connectivity index (χ1v) is 11.9. The molecule has 0 fully saturated rings. The quantitative estimate of drug-likeness (QED) is 0.515. The van der Waals surface area contributed by atoms with E-state index in [1.165, 1.54) is 15.9 Å². The number of thiophene rings is 1. The van der Waals surface area contributed by atoms with Crippen molar-refractivity contribution >= 4 is 39.1 Å². The predicted molar refractivity (Wildman–Crippen MR) is 126 cm³/mol. The standard InChI is InChI=1S/C23H26ClN3O3S/c1-3-4-5-6-11-26-22-20(18-10-12-25(15(2)28)14-19(18)31-22)21(29)27(23(26)30)17-9-7-8-16(24)13-17/h7-9,13H,3-6,10-12,14H2,1-2H3. The zero-order valence-corrected chi connectivity index (χ0v) is 19.4. The molecule has 0 unspecified atom stereocenters. The van der Waals surface area contributed by atoms with Crippen LogP contribution in [0.3, 0.4) is 0 Å². The Balaban J connectivity index is 1.93. The summed E-state index contributed by atoms with van der Waals surface area (Å²) in [4.78, 5) is 42.5. The number of halogens is 1. The van der Waals surface area contributed by atoms with Gasteiger partial charge >= 0.3 is 5.69 Å². The fourth-order valence-corrected chi connectivity index (χ4v) is 5.77. The normalized spacial score (nSPS) is 13.6. The van der Waals surface area contributed by atoms with Gasteiger partial charge in [-0.1, -0.05) is 43.9 Å². The third-order valence-electron chi connectivity index (χ3n) is 5.87. The van der Waals surface area contributed by atoms with Crippen LogP contribution in [0.5, 0.6) is 0 Å². The lowest BCUT2D eigenvalue weighted by Gasteiger charge is -2.25.